The summed E-state index contributed by atoms with van der Waals surface area (Å²) in [6, 6.07) is 13.7. The van der Waals surface area contributed by atoms with E-state index in [9.17, 15) is 9.18 Å². The molecule has 0 unspecified atom stereocenters. The van der Waals surface area contributed by atoms with Crippen molar-refractivity contribution < 1.29 is 9.18 Å². The Morgan fingerprint density at radius 2 is 1.57 bits per heavy atom. The van der Waals surface area contributed by atoms with Crippen LogP contribution in [0.2, 0.25) is 0 Å². The SMILES string of the molecule is CC(C)(NC(=O)C(C)(C)c1ccc(N)cc1)c1ccccc1F. The van der Waals surface area contributed by atoms with Gasteiger partial charge in [0, 0.05) is 11.3 Å². The second kappa shape index (κ2) is 6.03. The number of rotatable bonds is 4. The van der Waals surface area contributed by atoms with Crippen molar-refractivity contribution in [1.82, 2.24) is 5.32 Å². The number of hydrogen-bond acceptors (Lipinski definition) is 2. The van der Waals surface area contributed by atoms with Gasteiger partial charge in [0.25, 0.3) is 0 Å². The van der Waals surface area contributed by atoms with E-state index in [1.54, 1.807) is 44.2 Å². The molecule has 0 heterocycles. The summed E-state index contributed by atoms with van der Waals surface area (Å²) < 4.78 is 14.0. The van der Waals surface area contributed by atoms with Crippen LogP contribution in [0.15, 0.2) is 48.5 Å². The average molecular weight is 314 g/mol. The van der Waals surface area contributed by atoms with E-state index in [0.29, 0.717) is 11.3 Å². The molecule has 4 heteroatoms. The maximum absolute atomic E-state index is 14.0. The summed E-state index contributed by atoms with van der Waals surface area (Å²) in [5, 5.41) is 2.96. The highest BCUT2D eigenvalue weighted by molar-refractivity contribution is 5.88. The summed E-state index contributed by atoms with van der Waals surface area (Å²) in [5.74, 6) is -0.501. The van der Waals surface area contributed by atoms with E-state index >= 15 is 0 Å². The lowest BCUT2D eigenvalue weighted by atomic mass is 9.82. The van der Waals surface area contributed by atoms with Crippen LogP contribution >= 0.6 is 0 Å². The van der Waals surface area contributed by atoms with Crippen LogP contribution in [0.3, 0.4) is 0 Å². The van der Waals surface area contributed by atoms with E-state index in [4.69, 9.17) is 5.73 Å². The minimum absolute atomic E-state index is 0.171. The molecule has 3 nitrogen and oxygen atoms in total. The number of nitrogen functional groups attached to an aromatic ring is 1. The molecule has 3 N–H and O–H groups in total. The topological polar surface area (TPSA) is 55.1 Å². The highest BCUT2D eigenvalue weighted by atomic mass is 19.1. The monoisotopic (exact) mass is 314 g/mol. The van der Waals surface area contributed by atoms with Crippen molar-refractivity contribution in [2.24, 2.45) is 0 Å². The van der Waals surface area contributed by atoms with Crippen molar-refractivity contribution >= 4 is 11.6 Å². The first-order valence-electron chi connectivity index (χ1n) is 7.58. The van der Waals surface area contributed by atoms with E-state index < -0.39 is 11.0 Å². The summed E-state index contributed by atoms with van der Waals surface area (Å²) in [5.41, 5.74) is 6.10. The van der Waals surface area contributed by atoms with Crippen molar-refractivity contribution in [2.45, 2.75) is 38.6 Å². The molecule has 122 valence electrons. The van der Waals surface area contributed by atoms with Gasteiger partial charge in [-0.1, -0.05) is 30.3 Å². The molecule has 0 fully saturated rings. The lowest BCUT2D eigenvalue weighted by molar-refractivity contribution is -0.127. The molecular formula is C19H23FN2O. The van der Waals surface area contributed by atoms with Crippen molar-refractivity contribution in [3.05, 3.63) is 65.5 Å². The van der Waals surface area contributed by atoms with E-state index in [1.165, 1.54) is 6.07 Å². The fraction of sp³-hybridized carbons (Fsp3) is 0.316. The first kappa shape index (κ1) is 17.0. The zero-order chi connectivity index (χ0) is 17.3. The van der Waals surface area contributed by atoms with Gasteiger partial charge in [-0.2, -0.15) is 0 Å². The normalized spacial score (nSPS) is 12.0. The Labute approximate surface area is 136 Å². The molecule has 23 heavy (non-hydrogen) atoms. The van der Waals surface area contributed by atoms with Gasteiger partial charge < -0.3 is 11.1 Å². The van der Waals surface area contributed by atoms with E-state index in [2.05, 4.69) is 5.32 Å². The third-order valence-corrected chi connectivity index (χ3v) is 4.17. The minimum Gasteiger partial charge on any atom is -0.399 e. The average Bonchev–Trinajstić information content (AvgIpc) is 2.47. The Balaban J connectivity index is 2.26. The largest absolute Gasteiger partial charge is 0.399 e. The molecule has 0 spiro atoms. The zero-order valence-corrected chi connectivity index (χ0v) is 14.0. The van der Waals surface area contributed by atoms with Crippen LogP contribution in [0.25, 0.3) is 0 Å². The Hall–Kier alpha value is -2.36. The first-order chi connectivity index (χ1) is 10.6. The number of amides is 1. The molecule has 0 aliphatic heterocycles. The molecule has 0 atom stereocenters. The number of carbonyl (C=O) groups is 1. The lowest BCUT2D eigenvalue weighted by Gasteiger charge is -2.33. The van der Waals surface area contributed by atoms with Crippen LogP contribution < -0.4 is 11.1 Å². The number of nitrogens with one attached hydrogen (secondary N) is 1. The van der Waals surface area contributed by atoms with Crippen LogP contribution in [0.4, 0.5) is 10.1 Å². The van der Waals surface area contributed by atoms with Gasteiger partial charge in [0.05, 0.1) is 11.0 Å². The predicted octanol–water partition coefficient (Wildman–Crippen LogP) is 3.74. The maximum atomic E-state index is 14.0. The van der Waals surface area contributed by atoms with Gasteiger partial charge in [-0.25, -0.2) is 4.39 Å². The summed E-state index contributed by atoms with van der Waals surface area (Å²) >= 11 is 0. The summed E-state index contributed by atoms with van der Waals surface area (Å²) in [7, 11) is 0. The Kier molecular flexibility index (Phi) is 4.46. The number of nitrogens with two attached hydrogens (primary N) is 1. The molecule has 0 aromatic heterocycles. The molecule has 2 rings (SSSR count). The van der Waals surface area contributed by atoms with Crippen LogP contribution in [-0.4, -0.2) is 5.91 Å². The molecular weight excluding hydrogens is 291 g/mol. The first-order valence-corrected chi connectivity index (χ1v) is 7.58. The Morgan fingerprint density at radius 1 is 1.00 bits per heavy atom. The standard InChI is InChI=1S/C19H23FN2O/c1-18(2,13-9-11-14(21)12-10-13)17(23)22-19(3,4)15-7-5-6-8-16(15)20/h5-12H,21H2,1-4H3,(H,22,23). The number of hydrogen-bond donors (Lipinski definition) is 2. The molecule has 1 amide bonds. The Morgan fingerprint density at radius 3 is 2.13 bits per heavy atom. The molecule has 0 aliphatic rings. The van der Waals surface area contributed by atoms with E-state index in [0.717, 1.165) is 5.56 Å². The number of halogens is 1. The number of carbonyl (C=O) groups excluding carboxylic acids is 1. The highest BCUT2D eigenvalue weighted by Gasteiger charge is 2.35. The van der Waals surface area contributed by atoms with E-state index in [-0.39, 0.29) is 11.7 Å². The molecule has 2 aromatic carbocycles. The van der Waals surface area contributed by atoms with Gasteiger partial charge in [0.1, 0.15) is 5.82 Å². The van der Waals surface area contributed by atoms with Gasteiger partial charge in [0.15, 0.2) is 0 Å². The van der Waals surface area contributed by atoms with Gasteiger partial charge >= 0.3 is 0 Å². The maximum Gasteiger partial charge on any atom is 0.230 e. The van der Waals surface area contributed by atoms with E-state index in [1.807, 2.05) is 26.0 Å². The quantitative estimate of drug-likeness (QED) is 0.845. The summed E-state index contributed by atoms with van der Waals surface area (Å²) in [6.45, 7) is 7.27. The smallest absolute Gasteiger partial charge is 0.230 e. The fourth-order valence-corrected chi connectivity index (χ4v) is 2.51. The van der Waals surface area contributed by atoms with Gasteiger partial charge in [0.2, 0.25) is 5.91 Å². The van der Waals surface area contributed by atoms with Gasteiger partial charge in [-0.15, -0.1) is 0 Å². The Bertz CT molecular complexity index is 706. The number of benzene rings is 2. The summed E-state index contributed by atoms with van der Waals surface area (Å²) in [4.78, 5) is 12.8. The van der Waals surface area contributed by atoms with Crippen molar-refractivity contribution in [3.8, 4) is 0 Å². The molecule has 2 aromatic rings. The number of anilines is 1. The lowest BCUT2D eigenvalue weighted by Crippen LogP contribution is -2.49. The second-order valence-electron chi connectivity index (χ2n) is 6.81. The molecule has 0 saturated carbocycles. The predicted molar refractivity (Wildman–Crippen MR) is 91.4 cm³/mol. The van der Waals surface area contributed by atoms with Crippen LogP contribution in [-0.2, 0) is 15.7 Å². The van der Waals surface area contributed by atoms with Gasteiger partial charge in [-0.3, -0.25) is 4.79 Å². The van der Waals surface area contributed by atoms with Crippen molar-refractivity contribution in [1.29, 1.82) is 0 Å². The van der Waals surface area contributed by atoms with Crippen LogP contribution in [0, 0.1) is 5.82 Å². The third-order valence-electron chi connectivity index (χ3n) is 4.17. The van der Waals surface area contributed by atoms with Crippen molar-refractivity contribution in [2.75, 3.05) is 5.73 Å². The van der Waals surface area contributed by atoms with Crippen LogP contribution in [0.5, 0.6) is 0 Å². The zero-order valence-electron chi connectivity index (χ0n) is 14.0. The molecule has 0 radical (unpaired) electrons. The molecule has 0 saturated heterocycles. The van der Waals surface area contributed by atoms with Gasteiger partial charge in [-0.05, 0) is 51.5 Å². The molecule has 0 aliphatic carbocycles. The minimum atomic E-state index is -0.812. The van der Waals surface area contributed by atoms with Crippen LogP contribution in [0.1, 0.15) is 38.8 Å². The fourth-order valence-electron chi connectivity index (χ4n) is 2.51. The third kappa shape index (κ3) is 3.52. The molecule has 0 bridgehead atoms. The highest BCUT2D eigenvalue weighted by Crippen LogP contribution is 2.28. The van der Waals surface area contributed by atoms with Crippen molar-refractivity contribution in [3.63, 3.8) is 0 Å². The summed E-state index contributed by atoms with van der Waals surface area (Å²) in [6.07, 6.45) is 0. The second-order valence-corrected chi connectivity index (χ2v) is 6.81.